The number of pyridine rings is 1. The quantitative estimate of drug-likeness (QED) is 0.247. The van der Waals surface area contributed by atoms with Gasteiger partial charge in [-0.1, -0.05) is 62.2 Å². The molecular weight excluding hydrogens is 612 g/mol. The van der Waals surface area contributed by atoms with E-state index in [4.69, 9.17) is 16.1 Å². The number of benzene rings is 2. The summed E-state index contributed by atoms with van der Waals surface area (Å²) in [7, 11) is 0. The summed E-state index contributed by atoms with van der Waals surface area (Å²) in [6.45, 7) is 0.670. The first-order chi connectivity index (χ1) is 20.0. The lowest BCUT2D eigenvalue weighted by Crippen LogP contribution is -2.31. The maximum atomic E-state index is 13.8. The minimum atomic E-state index is -0.377. The highest BCUT2D eigenvalue weighted by Crippen LogP contribution is 2.34. The first-order valence-electron chi connectivity index (χ1n) is 12.8. The number of halogens is 2. The van der Waals surface area contributed by atoms with Gasteiger partial charge in [-0.3, -0.25) is 9.59 Å². The summed E-state index contributed by atoms with van der Waals surface area (Å²) in [4.78, 5) is 36.6. The van der Waals surface area contributed by atoms with Crippen LogP contribution in [0.4, 0.5) is 0 Å². The second kappa shape index (κ2) is 11.6. The molecule has 11 nitrogen and oxygen atoms in total. The lowest BCUT2D eigenvalue weighted by atomic mass is 10.1. The summed E-state index contributed by atoms with van der Waals surface area (Å²) in [5.74, 6) is 0.309. The maximum Gasteiger partial charge on any atom is 0.256 e. The summed E-state index contributed by atoms with van der Waals surface area (Å²) >= 11 is 9.48. The number of aromatic nitrogens is 6. The van der Waals surface area contributed by atoms with Crippen molar-refractivity contribution >= 4 is 39.3 Å². The van der Waals surface area contributed by atoms with Crippen LogP contribution in [-0.4, -0.2) is 53.4 Å². The van der Waals surface area contributed by atoms with E-state index in [1.165, 1.54) is 10.9 Å². The molecule has 41 heavy (non-hydrogen) atoms. The molecule has 1 fully saturated rings. The molecule has 206 valence electrons. The van der Waals surface area contributed by atoms with Crippen LogP contribution in [0.25, 0.3) is 17.1 Å². The van der Waals surface area contributed by atoms with E-state index >= 15 is 0 Å². The molecule has 1 aliphatic heterocycles. The van der Waals surface area contributed by atoms with Gasteiger partial charge in [0.1, 0.15) is 16.9 Å². The van der Waals surface area contributed by atoms with Crippen molar-refractivity contribution in [2.24, 2.45) is 0 Å². The van der Waals surface area contributed by atoms with Crippen molar-refractivity contribution in [3.8, 4) is 17.1 Å². The Hall–Kier alpha value is -4.42. The van der Waals surface area contributed by atoms with E-state index in [9.17, 15) is 9.59 Å². The Morgan fingerprint density at radius 3 is 2.80 bits per heavy atom. The number of carbonyl (C=O) groups is 2. The van der Waals surface area contributed by atoms with Crippen LogP contribution in [0.3, 0.4) is 0 Å². The minimum Gasteiger partial charge on any atom is -0.346 e. The largest absolute Gasteiger partial charge is 0.346 e. The average Bonchev–Trinajstić information content (AvgIpc) is 3.77. The highest BCUT2D eigenvalue weighted by Gasteiger charge is 2.35. The van der Waals surface area contributed by atoms with Crippen molar-refractivity contribution in [2.45, 2.75) is 25.4 Å². The first-order valence-corrected chi connectivity index (χ1v) is 13.9. The molecule has 0 aliphatic carbocycles. The van der Waals surface area contributed by atoms with Gasteiger partial charge in [0.05, 0.1) is 29.6 Å². The van der Waals surface area contributed by atoms with Gasteiger partial charge in [-0.25, -0.2) is 9.67 Å². The third-order valence-electron chi connectivity index (χ3n) is 6.68. The number of likely N-dealkylation sites (tertiary alicyclic amines) is 1. The van der Waals surface area contributed by atoms with Crippen LogP contribution in [0, 0.1) is 0 Å². The van der Waals surface area contributed by atoms with Gasteiger partial charge in [0.15, 0.2) is 0 Å². The van der Waals surface area contributed by atoms with Crippen molar-refractivity contribution in [2.75, 3.05) is 6.54 Å². The molecule has 2 amide bonds. The average molecular weight is 634 g/mol. The minimum absolute atomic E-state index is 0.117. The molecule has 0 bridgehead atoms. The molecular formula is C28H22BrClN8O3. The predicted octanol–water partition coefficient (Wildman–Crippen LogP) is 5.04. The molecule has 0 saturated carbocycles. The number of amides is 2. The fourth-order valence-corrected chi connectivity index (χ4v) is 5.31. The second-order valence-electron chi connectivity index (χ2n) is 9.32. The van der Waals surface area contributed by atoms with Crippen LogP contribution in [0.15, 0.2) is 82.1 Å². The molecule has 13 heteroatoms. The normalized spacial score (nSPS) is 14.8. The third-order valence-corrected chi connectivity index (χ3v) is 7.47. The van der Waals surface area contributed by atoms with Gasteiger partial charge in [0, 0.05) is 22.8 Å². The van der Waals surface area contributed by atoms with Crippen molar-refractivity contribution < 1.29 is 14.1 Å². The Morgan fingerprint density at radius 2 is 1.95 bits per heavy atom. The van der Waals surface area contributed by atoms with Gasteiger partial charge < -0.3 is 14.7 Å². The van der Waals surface area contributed by atoms with Crippen LogP contribution in [-0.2, 0) is 6.54 Å². The Balaban J connectivity index is 1.19. The Kier molecular flexibility index (Phi) is 7.57. The molecule has 2 aromatic carbocycles. The highest BCUT2D eigenvalue weighted by atomic mass is 79.9. The summed E-state index contributed by atoms with van der Waals surface area (Å²) in [5, 5.41) is 15.4. The van der Waals surface area contributed by atoms with Crippen molar-refractivity contribution in [1.29, 1.82) is 0 Å². The van der Waals surface area contributed by atoms with E-state index in [1.807, 2.05) is 30.3 Å². The SMILES string of the molecule is O=C(NCc1cn(-c2ccccc2C(=O)N2CCCC2c2nc(-c3cccc(Br)c3)no2)nn1)c1cccnc1Cl. The number of carbonyl (C=O) groups excluding carboxylic acids is 2. The molecule has 1 saturated heterocycles. The first kappa shape index (κ1) is 26.8. The van der Waals surface area contributed by atoms with Gasteiger partial charge in [-0.05, 0) is 49.2 Å². The van der Waals surface area contributed by atoms with E-state index < -0.39 is 0 Å². The monoisotopic (exact) mass is 632 g/mol. The third kappa shape index (κ3) is 5.61. The summed E-state index contributed by atoms with van der Waals surface area (Å²) in [6, 6.07) is 17.7. The highest BCUT2D eigenvalue weighted by molar-refractivity contribution is 9.10. The Morgan fingerprint density at radius 1 is 1.10 bits per heavy atom. The fourth-order valence-electron chi connectivity index (χ4n) is 4.71. The van der Waals surface area contributed by atoms with Crippen molar-refractivity contribution in [3.63, 3.8) is 0 Å². The van der Waals surface area contributed by atoms with E-state index in [0.717, 1.165) is 16.5 Å². The summed E-state index contributed by atoms with van der Waals surface area (Å²) in [6.07, 6.45) is 4.70. The zero-order valence-electron chi connectivity index (χ0n) is 21.4. The van der Waals surface area contributed by atoms with Gasteiger partial charge in [-0.2, -0.15) is 4.98 Å². The van der Waals surface area contributed by atoms with E-state index in [-0.39, 0.29) is 35.1 Å². The van der Waals surface area contributed by atoms with Gasteiger partial charge in [-0.15, -0.1) is 5.10 Å². The van der Waals surface area contributed by atoms with E-state index in [0.29, 0.717) is 41.6 Å². The Bertz CT molecular complexity index is 1740. The second-order valence-corrected chi connectivity index (χ2v) is 10.6. The van der Waals surface area contributed by atoms with E-state index in [1.54, 1.807) is 41.4 Å². The zero-order chi connectivity index (χ0) is 28.3. The molecule has 3 aromatic heterocycles. The lowest BCUT2D eigenvalue weighted by molar-refractivity contribution is 0.0709. The number of nitrogens with zero attached hydrogens (tertiary/aromatic N) is 7. The summed E-state index contributed by atoms with van der Waals surface area (Å²) < 4.78 is 8.05. The standard InChI is InChI=1S/C28H22BrClN8O3/c29-18-7-3-6-17(14-18)25-33-27(41-35-25)23-11-5-13-37(23)28(40)20-8-1-2-10-22(20)38-16-19(34-36-38)15-32-26(39)21-9-4-12-31-24(21)30/h1-4,6-10,12,14,16,23H,5,11,13,15H2,(H,32,39). The molecule has 1 atom stereocenters. The van der Waals surface area contributed by atoms with Gasteiger partial charge >= 0.3 is 0 Å². The maximum absolute atomic E-state index is 13.8. The van der Waals surface area contributed by atoms with Crippen LogP contribution in [0.2, 0.25) is 5.15 Å². The molecule has 4 heterocycles. The van der Waals surface area contributed by atoms with Crippen molar-refractivity contribution in [3.05, 3.63) is 105 Å². The van der Waals surface area contributed by atoms with E-state index in [2.05, 4.69) is 46.7 Å². The topological polar surface area (TPSA) is 132 Å². The predicted molar refractivity (Wildman–Crippen MR) is 152 cm³/mol. The molecule has 1 aliphatic rings. The van der Waals surface area contributed by atoms with Crippen molar-refractivity contribution in [1.82, 2.24) is 40.3 Å². The number of para-hydroxylation sites is 1. The van der Waals surface area contributed by atoms with Crippen LogP contribution >= 0.6 is 27.5 Å². The molecule has 0 spiro atoms. The van der Waals surface area contributed by atoms with Crippen LogP contribution < -0.4 is 5.32 Å². The van der Waals surface area contributed by atoms with Crippen LogP contribution in [0.5, 0.6) is 0 Å². The summed E-state index contributed by atoms with van der Waals surface area (Å²) in [5.41, 5.74) is 2.60. The number of rotatable bonds is 7. The number of nitrogens with one attached hydrogen (secondary N) is 1. The van der Waals surface area contributed by atoms with Gasteiger partial charge in [0.25, 0.3) is 11.8 Å². The lowest BCUT2D eigenvalue weighted by Gasteiger charge is -2.23. The fraction of sp³-hybridized carbons (Fsp3) is 0.179. The molecule has 6 rings (SSSR count). The molecule has 1 unspecified atom stereocenters. The zero-order valence-corrected chi connectivity index (χ0v) is 23.8. The molecule has 5 aromatic rings. The Labute approximate surface area is 247 Å². The smallest absolute Gasteiger partial charge is 0.256 e. The van der Waals surface area contributed by atoms with Crippen LogP contribution in [0.1, 0.15) is 51.2 Å². The molecule has 0 radical (unpaired) electrons. The number of hydrogen-bond acceptors (Lipinski definition) is 8. The van der Waals surface area contributed by atoms with Gasteiger partial charge in [0.2, 0.25) is 11.7 Å². The molecule has 1 N–H and O–H groups in total. The number of hydrogen-bond donors (Lipinski definition) is 1.